The van der Waals surface area contributed by atoms with Crippen molar-refractivity contribution in [2.24, 2.45) is 0 Å². The fourth-order valence-corrected chi connectivity index (χ4v) is 0.205. The molecule has 1 saturated heterocycles. The summed E-state index contributed by atoms with van der Waals surface area (Å²) in [6, 6.07) is 0. The highest BCUT2D eigenvalue weighted by atomic mass is 16.8. The van der Waals surface area contributed by atoms with Crippen LogP contribution in [0, 0.1) is 0 Å². The summed E-state index contributed by atoms with van der Waals surface area (Å²) in [5.41, 5.74) is 0. The van der Waals surface area contributed by atoms with E-state index in [0.29, 0.717) is 0 Å². The summed E-state index contributed by atoms with van der Waals surface area (Å²) in [6.07, 6.45) is -0.891. The van der Waals surface area contributed by atoms with Crippen molar-refractivity contribution < 1.29 is 19.1 Å². The van der Waals surface area contributed by atoms with Gasteiger partial charge in [-0.1, -0.05) is 0 Å². The molecule has 4 nitrogen and oxygen atoms in total. The lowest BCUT2D eigenvalue weighted by molar-refractivity contribution is -0.134. The number of ether oxygens (including phenoxy) is 2. The molecule has 4 heteroatoms. The Bertz CT molecular complexity index is 108. The Labute approximate surface area is 39.0 Å². The lowest BCUT2D eigenvalue weighted by atomic mass is 10.8. The zero-order chi connectivity index (χ0) is 5.28. The highest BCUT2D eigenvalue weighted by Crippen LogP contribution is 2.10. The third-order valence-corrected chi connectivity index (χ3v) is 0.538. The quantitative estimate of drug-likeness (QED) is 0.333. The van der Waals surface area contributed by atoms with E-state index < -0.39 is 12.3 Å². The van der Waals surface area contributed by atoms with Gasteiger partial charge in [-0.25, -0.2) is 4.79 Å². The van der Waals surface area contributed by atoms with E-state index in [1.54, 1.807) is 0 Å². The standard InChI is InChI=1S/C3H2O4/c4-1-6-3-2(5)7-3/h1,3H. The van der Waals surface area contributed by atoms with Crippen molar-refractivity contribution in [2.75, 3.05) is 0 Å². The average molecular weight is 102 g/mol. The number of cyclic esters (lactones) is 1. The van der Waals surface area contributed by atoms with E-state index in [9.17, 15) is 9.59 Å². The Morgan fingerprint density at radius 3 is 2.57 bits per heavy atom. The van der Waals surface area contributed by atoms with E-state index in [1.165, 1.54) is 0 Å². The van der Waals surface area contributed by atoms with Gasteiger partial charge in [-0.15, -0.1) is 0 Å². The second-order valence-corrected chi connectivity index (χ2v) is 1.00. The molecule has 1 atom stereocenters. The van der Waals surface area contributed by atoms with Gasteiger partial charge in [0.1, 0.15) is 0 Å². The molecule has 0 N–H and O–H groups in total. The maximum Gasteiger partial charge on any atom is 0.393 e. The van der Waals surface area contributed by atoms with Crippen molar-refractivity contribution >= 4 is 12.4 Å². The molecule has 38 valence electrons. The van der Waals surface area contributed by atoms with Crippen molar-refractivity contribution in [1.29, 1.82) is 0 Å². The van der Waals surface area contributed by atoms with Crippen LogP contribution in [0.5, 0.6) is 0 Å². The number of rotatable bonds is 2. The van der Waals surface area contributed by atoms with E-state index in [2.05, 4.69) is 9.47 Å². The van der Waals surface area contributed by atoms with Gasteiger partial charge in [0.25, 0.3) is 6.47 Å². The molecule has 0 saturated carbocycles. The Kier molecular flexibility index (Phi) is 0.714. The molecular weight excluding hydrogens is 100 g/mol. The number of hydrogen-bond acceptors (Lipinski definition) is 4. The van der Waals surface area contributed by atoms with Gasteiger partial charge >= 0.3 is 12.3 Å². The number of epoxide rings is 1. The van der Waals surface area contributed by atoms with Crippen molar-refractivity contribution in [3.8, 4) is 0 Å². The van der Waals surface area contributed by atoms with Crippen LogP contribution in [-0.4, -0.2) is 18.7 Å². The Balaban J connectivity index is 2.20. The Morgan fingerprint density at radius 1 is 1.86 bits per heavy atom. The molecule has 0 amide bonds. The minimum absolute atomic E-state index is 0.176. The normalized spacial score (nSPS) is 25.7. The number of carbonyl (C=O) groups excluding carboxylic acids is 2. The predicted octanol–water partition coefficient (Wildman–Crippen LogP) is -0.958. The van der Waals surface area contributed by atoms with E-state index in [1.807, 2.05) is 0 Å². The van der Waals surface area contributed by atoms with Crippen LogP contribution in [0.25, 0.3) is 0 Å². The smallest absolute Gasteiger partial charge is 0.393 e. The molecule has 0 aliphatic carbocycles. The SMILES string of the molecule is O=COC1OC1=O. The van der Waals surface area contributed by atoms with Gasteiger partial charge < -0.3 is 9.47 Å². The predicted molar refractivity (Wildman–Crippen MR) is 17.0 cm³/mol. The van der Waals surface area contributed by atoms with Crippen LogP contribution >= 0.6 is 0 Å². The van der Waals surface area contributed by atoms with E-state index in [4.69, 9.17) is 0 Å². The van der Waals surface area contributed by atoms with Gasteiger partial charge in [0.05, 0.1) is 0 Å². The highest BCUT2D eigenvalue weighted by molar-refractivity contribution is 5.86. The second kappa shape index (κ2) is 1.22. The fourth-order valence-electron chi connectivity index (χ4n) is 0.205. The van der Waals surface area contributed by atoms with Gasteiger partial charge in [-0.05, 0) is 0 Å². The van der Waals surface area contributed by atoms with Crippen LogP contribution in [0.3, 0.4) is 0 Å². The van der Waals surface area contributed by atoms with Gasteiger partial charge in [0.15, 0.2) is 0 Å². The lowest BCUT2D eigenvalue weighted by Gasteiger charge is -1.76. The Hall–Kier alpha value is -1.06. The summed E-state index contributed by atoms with van der Waals surface area (Å²) in [4.78, 5) is 19.1. The minimum Gasteiger partial charge on any atom is -0.416 e. The maximum atomic E-state index is 9.77. The van der Waals surface area contributed by atoms with Crippen molar-refractivity contribution in [1.82, 2.24) is 0 Å². The Morgan fingerprint density at radius 2 is 2.43 bits per heavy atom. The molecule has 0 aromatic heterocycles. The zero-order valence-electron chi connectivity index (χ0n) is 3.29. The molecule has 1 rings (SSSR count). The molecule has 1 aliphatic rings. The van der Waals surface area contributed by atoms with Crippen LogP contribution in [0.15, 0.2) is 0 Å². The third kappa shape index (κ3) is 0.677. The van der Waals surface area contributed by atoms with Crippen molar-refractivity contribution in [3.05, 3.63) is 0 Å². The summed E-state index contributed by atoms with van der Waals surface area (Å²) in [7, 11) is 0. The summed E-state index contributed by atoms with van der Waals surface area (Å²) >= 11 is 0. The summed E-state index contributed by atoms with van der Waals surface area (Å²) in [6.45, 7) is 0.176. The molecule has 7 heavy (non-hydrogen) atoms. The maximum absolute atomic E-state index is 9.77. The number of hydrogen-bond donors (Lipinski definition) is 0. The fraction of sp³-hybridized carbons (Fsp3) is 0.333. The van der Waals surface area contributed by atoms with Crippen LogP contribution in [0.2, 0.25) is 0 Å². The first-order valence-electron chi connectivity index (χ1n) is 1.64. The summed E-state index contributed by atoms with van der Waals surface area (Å²) in [5.74, 6) is -0.480. The van der Waals surface area contributed by atoms with Gasteiger partial charge in [-0.2, -0.15) is 0 Å². The summed E-state index contributed by atoms with van der Waals surface area (Å²) < 4.78 is 8.08. The molecule has 1 fully saturated rings. The third-order valence-electron chi connectivity index (χ3n) is 0.538. The van der Waals surface area contributed by atoms with Gasteiger partial charge in [-0.3, -0.25) is 4.79 Å². The molecule has 0 bridgehead atoms. The average Bonchev–Trinajstić information content (AvgIpc) is 2.22. The molecule has 1 unspecified atom stereocenters. The first-order valence-corrected chi connectivity index (χ1v) is 1.64. The molecule has 0 radical (unpaired) electrons. The van der Waals surface area contributed by atoms with Crippen molar-refractivity contribution in [2.45, 2.75) is 6.29 Å². The van der Waals surface area contributed by atoms with E-state index in [-0.39, 0.29) is 6.47 Å². The first-order chi connectivity index (χ1) is 3.34. The molecule has 0 spiro atoms. The molecule has 0 aromatic rings. The number of carbonyl (C=O) groups is 2. The topological polar surface area (TPSA) is 55.9 Å². The van der Waals surface area contributed by atoms with Crippen LogP contribution in [-0.2, 0) is 19.1 Å². The molecule has 1 aliphatic heterocycles. The molecular formula is C3H2O4. The zero-order valence-corrected chi connectivity index (χ0v) is 3.29. The van der Waals surface area contributed by atoms with Crippen molar-refractivity contribution in [3.63, 3.8) is 0 Å². The van der Waals surface area contributed by atoms with Gasteiger partial charge in [0.2, 0.25) is 0 Å². The molecule has 1 heterocycles. The molecule has 0 aromatic carbocycles. The van der Waals surface area contributed by atoms with Gasteiger partial charge in [0, 0.05) is 0 Å². The first kappa shape index (κ1) is 4.11. The largest absolute Gasteiger partial charge is 0.416 e. The second-order valence-electron chi connectivity index (χ2n) is 1.00. The lowest BCUT2D eigenvalue weighted by Crippen LogP contribution is -1.91. The minimum atomic E-state index is -0.891. The summed E-state index contributed by atoms with van der Waals surface area (Å²) in [5, 5.41) is 0. The van der Waals surface area contributed by atoms with Crippen LogP contribution < -0.4 is 0 Å². The van der Waals surface area contributed by atoms with Crippen LogP contribution in [0.4, 0.5) is 0 Å². The van der Waals surface area contributed by atoms with E-state index in [0.717, 1.165) is 0 Å². The highest BCUT2D eigenvalue weighted by Gasteiger charge is 2.40. The van der Waals surface area contributed by atoms with Crippen LogP contribution in [0.1, 0.15) is 0 Å². The van der Waals surface area contributed by atoms with E-state index >= 15 is 0 Å². The monoisotopic (exact) mass is 102 g/mol.